The van der Waals surface area contributed by atoms with Gasteiger partial charge in [0, 0.05) is 18.3 Å². The molecule has 98 valence electrons. The lowest BCUT2D eigenvalue weighted by Gasteiger charge is -2.21. The molecule has 18 heavy (non-hydrogen) atoms. The van der Waals surface area contributed by atoms with E-state index in [1.165, 1.54) is 38.5 Å². The highest BCUT2D eigenvalue weighted by Crippen LogP contribution is 2.26. The molecule has 0 atom stereocenters. The first-order chi connectivity index (χ1) is 8.75. The van der Waals surface area contributed by atoms with Crippen molar-refractivity contribution in [3.63, 3.8) is 0 Å². The van der Waals surface area contributed by atoms with Gasteiger partial charge in [-0.2, -0.15) is 0 Å². The maximum Gasteiger partial charge on any atom is 0.125 e. The van der Waals surface area contributed by atoms with Crippen molar-refractivity contribution in [1.29, 1.82) is 0 Å². The van der Waals surface area contributed by atoms with Gasteiger partial charge in [0.05, 0.1) is 0 Å². The van der Waals surface area contributed by atoms with E-state index in [1.54, 1.807) is 6.20 Å². The van der Waals surface area contributed by atoms with E-state index in [9.17, 15) is 0 Å². The number of nitrogens with two attached hydrogens (primary N) is 1. The van der Waals surface area contributed by atoms with Crippen LogP contribution >= 0.6 is 12.2 Å². The monoisotopic (exact) mass is 263 g/mol. The van der Waals surface area contributed by atoms with E-state index in [1.807, 2.05) is 12.1 Å². The van der Waals surface area contributed by atoms with E-state index in [4.69, 9.17) is 18.0 Å². The average Bonchev–Trinajstić information content (AvgIpc) is 2.40. The van der Waals surface area contributed by atoms with E-state index in [2.05, 4.69) is 10.3 Å². The molecule has 0 spiro atoms. The van der Waals surface area contributed by atoms with Crippen molar-refractivity contribution >= 4 is 23.0 Å². The summed E-state index contributed by atoms with van der Waals surface area (Å²) in [5, 5.41) is 3.36. The molecule has 1 aromatic rings. The highest BCUT2D eigenvalue weighted by atomic mass is 32.1. The summed E-state index contributed by atoms with van der Waals surface area (Å²) < 4.78 is 0. The maximum absolute atomic E-state index is 5.53. The molecule has 1 fully saturated rings. The summed E-state index contributed by atoms with van der Waals surface area (Å²) in [6, 6.07) is 3.85. The minimum atomic E-state index is 0.399. The second kappa shape index (κ2) is 6.69. The van der Waals surface area contributed by atoms with E-state index in [-0.39, 0.29) is 0 Å². The maximum atomic E-state index is 5.53. The summed E-state index contributed by atoms with van der Waals surface area (Å²) in [4.78, 5) is 4.70. The fourth-order valence-corrected chi connectivity index (χ4v) is 2.65. The lowest BCUT2D eigenvalue weighted by molar-refractivity contribution is 0.345. The van der Waals surface area contributed by atoms with Crippen LogP contribution < -0.4 is 11.1 Å². The van der Waals surface area contributed by atoms with Crippen LogP contribution in [0, 0.1) is 5.92 Å². The Kier molecular flexibility index (Phi) is 4.93. The zero-order valence-electron chi connectivity index (χ0n) is 10.7. The molecule has 1 saturated carbocycles. The van der Waals surface area contributed by atoms with Crippen LogP contribution in [0.15, 0.2) is 18.3 Å². The van der Waals surface area contributed by atoms with Crippen LogP contribution in [0.4, 0.5) is 5.82 Å². The van der Waals surface area contributed by atoms with Crippen LogP contribution in [0.1, 0.15) is 44.1 Å². The van der Waals surface area contributed by atoms with Crippen molar-refractivity contribution in [2.45, 2.75) is 38.5 Å². The van der Waals surface area contributed by atoms with Gasteiger partial charge >= 0.3 is 0 Å². The fraction of sp³-hybridized carbons (Fsp3) is 0.571. The van der Waals surface area contributed by atoms with Crippen molar-refractivity contribution in [3.8, 4) is 0 Å². The Balaban J connectivity index is 1.74. The van der Waals surface area contributed by atoms with Crippen LogP contribution in [0.25, 0.3) is 0 Å². The number of aromatic nitrogens is 1. The third-order valence-electron chi connectivity index (χ3n) is 3.63. The van der Waals surface area contributed by atoms with Crippen LogP contribution in [0.2, 0.25) is 0 Å². The first kappa shape index (κ1) is 13.3. The molecular formula is C14H21N3S. The topological polar surface area (TPSA) is 50.9 Å². The number of nitrogens with one attached hydrogen (secondary N) is 1. The Bertz CT molecular complexity index is 383. The van der Waals surface area contributed by atoms with E-state index < -0.39 is 0 Å². The number of hydrogen-bond acceptors (Lipinski definition) is 3. The Hall–Kier alpha value is -1.16. The minimum absolute atomic E-state index is 0.399. The summed E-state index contributed by atoms with van der Waals surface area (Å²) >= 11 is 4.90. The molecule has 0 aliphatic heterocycles. The SMILES string of the molecule is NC(=S)c1ccc(NCCC2CCCCC2)nc1. The van der Waals surface area contributed by atoms with Crippen LogP contribution in [0.5, 0.6) is 0 Å². The third kappa shape index (κ3) is 3.95. The summed E-state index contributed by atoms with van der Waals surface area (Å²) in [6.07, 6.45) is 10.0. The highest BCUT2D eigenvalue weighted by Gasteiger charge is 2.12. The molecule has 0 unspecified atom stereocenters. The van der Waals surface area contributed by atoms with Crippen LogP contribution in [-0.4, -0.2) is 16.5 Å². The van der Waals surface area contributed by atoms with Crippen molar-refractivity contribution in [2.24, 2.45) is 11.7 Å². The normalized spacial score (nSPS) is 16.4. The zero-order chi connectivity index (χ0) is 12.8. The molecular weight excluding hydrogens is 242 g/mol. The van der Waals surface area contributed by atoms with E-state index in [0.29, 0.717) is 4.99 Å². The lowest BCUT2D eigenvalue weighted by Crippen LogP contribution is -2.13. The largest absolute Gasteiger partial charge is 0.389 e. The number of nitrogens with zero attached hydrogens (tertiary/aromatic N) is 1. The standard InChI is InChI=1S/C14H21N3S/c15-14(18)12-6-7-13(17-10-12)16-9-8-11-4-2-1-3-5-11/h6-7,10-11H,1-5,8-9H2,(H2,15,18)(H,16,17). The molecule has 1 aliphatic carbocycles. The van der Waals surface area contributed by atoms with Gasteiger partial charge < -0.3 is 11.1 Å². The third-order valence-corrected chi connectivity index (χ3v) is 3.87. The smallest absolute Gasteiger partial charge is 0.125 e. The summed E-state index contributed by atoms with van der Waals surface area (Å²) in [5.41, 5.74) is 6.35. The van der Waals surface area contributed by atoms with Gasteiger partial charge in [-0.05, 0) is 24.5 Å². The van der Waals surface area contributed by atoms with Crippen molar-refractivity contribution < 1.29 is 0 Å². The highest BCUT2D eigenvalue weighted by molar-refractivity contribution is 7.80. The van der Waals surface area contributed by atoms with Crippen molar-refractivity contribution in [1.82, 2.24) is 4.98 Å². The molecule has 1 aromatic heterocycles. The Morgan fingerprint density at radius 1 is 1.33 bits per heavy atom. The van der Waals surface area contributed by atoms with Crippen LogP contribution in [0.3, 0.4) is 0 Å². The van der Waals surface area contributed by atoms with Crippen molar-refractivity contribution in [3.05, 3.63) is 23.9 Å². The lowest BCUT2D eigenvalue weighted by atomic mass is 9.87. The van der Waals surface area contributed by atoms with Gasteiger partial charge in [-0.1, -0.05) is 44.3 Å². The van der Waals surface area contributed by atoms with Gasteiger partial charge in [0.2, 0.25) is 0 Å². The van der Waals surface area contributed by atoms with Crippen LogP contribution in [-0.2, 0) is 0 Å². The minimum Gasteiger partial charge on any atom is -0.389 e. The average molecular weight is 263 g/mol. The molecule has 4 heteroatoms. The molecule has 1 aliphatic rings. The molecule has 0 amide bonds. The summed E-state index contributed by atoms with van der Waals surface area (Å²) in [6.45, 7) is 1.00. The van der Waals surface area contributed by atoms with Gasteiger partial charge in [-0.3, -0.25) is 0 Å². The number of anilines is 1. The molecule has 3 nitrogen and oxygen atoms in total. The van der Waals surface area contributed by atoms with Gasteiger partial charge in [0.15, 0.2) is 0 Å². The molecule has 0 aromatic carbocycles. The second-order valence-electron chi connectivity index (χ2n) is 5.02. The molecule has 2 rings (SSSR count). The molecule has 0 radical (unpaired) electrons. The summed E-state index contributed by atoms with van der Waals surface area (Å²) in [5.74, 6) is 1.81. The zero-order valence-corrected chi connectivity index (χ0v) is 11.5. The van der Waals surface area contributed by atoms with Gasteiger partial charge in [0.25, 0.3) is 0 Å². The number of hydrogen-bond donors (Lipinski definition) is 2. The first-order valence-electron chi connectivity index (χ1n) is 6.75. The Morgan fingerprint density at radius 2 is 2.11 bits per heavy atom. The number of rotatable bonds is 5. The second-order valence-corrected chi connectivity index (χ2v) is 5.46. The number of pyridine rings is 1. The quantitative estimate of drug-likeness (QED) is 0.802. The molecule has 3 N–H and O–H groups in total. The van der Waals surface area contributed by atoms with Gasteiger partial charge in [-0.25, -0.2) is 4.98 Å². The fourth-order valence-electron chi connectivity index (χ4n) is 2.52. The molecule has 0 saturated heterocycles. The van der Waals surface area contributed by atoms with Gasteiger partial charge in [-0.15, -0.1) is 0 Å². The van der Waals surface area contributed by atoms with E-state index in [0.717, 1.165) is 23.8 Å². The molecule has 1 heterocycles. The predicted molar refractivity (Wildman–Crippen MR) is 79.8 cm³/mol. The molecule has 0 bridgehead atoms. The number of thiocarbonyl (C=S) groups is 1. The first-order valence-corrected chi connectivity index (χ1v) is 7.16. The Morgan fingerprint density at radius 3 is 2.72 bits per heavy atom. The predicted octanol–water partition coefficient (Wildman–Crippen LogP) is 3.10. The van der Waals surface area contributed by atoms with E-state index >= 15 is 0 Å². The Labute approximate surface area is 114 Å². The van der Waals surface area contributed by atoms with Crippen molar-refractivity contribution in [2.75, 3.05) is 11.9 Å². The summed E-state index contributed by atoms with van der Waals surface area (Å²) in [7, 11) is 0. The van der Waals surface area contributed by atoms with Gasteiger partial charge in [0.1, 0.15) is 10.8 Å².